The summed E-state index contributed by atoms with van der Waals surface area (Å²) in [7, 11) is 4.10. The van der Waals surface area contributed by atoms with Gasteiger partial charge >= 0.3 is 0 Å². The van der Waals surface area contributed by atoms with Gasteiger partial charge in [0.1, 0.15) is 0 Å². The van der Waals surface area contributed by atoms with Crippen LogP contribution in [0, 0.1) is 0 Å². The number of rotatable bonds is 7. The Bertz CT molecular complexity index is 502. The quantitative estimate of drug-likeness (QED) is 0.717. The van der Waals surface area contributed by atoms with Crippen LogP contribution >= 0.6 is 11.8 Å². The van der Waals surface area contributed by atoms with Crippen LogP contribution < -0.4 is 0 Å². The van der Waals surface area contributed by atoms with E-state index in [9.17, 15) is 4.79 Å². The fourth-order valence-corrected chi connectivity index (χ4v) is 3.63. The molecule has 0 N–H and O–H groups in total. The summed E-state index contributed by atoms with van der Waals surface area (Å²) in [6, 6.07) is 8.27. The van der Waals surface area contributed by atoms with E-state index in [1.807, 2.05) is 32.3 Å². The highest BCUT2D eigenvalue weighted by Gasteiger charge is 2.27. The van der Waals surface area contributed by atoms with E-state index in [4.69, 9.17) is 4.74 Å². The van der Waals surface area contributed by atoms with Crippen molar-refractivity contribution >= 4 is 17.7 Å². The van der Waals surface area contributed by atoms with Crippen molar-refractivity contribution in [3.05, 3.63) is 29.8 Å². The number of carbonyl (C=O) groups excluding carboxylic acids is 1. The molecule has 1 aromatic carbocycles. The molecule has 1 saturated heterocycles. The Labute approximate surface area is 144 Å². The van der Waals surface area contributed by atoms with Gasteiger partial charge in [-0.25, -0.2) is 0 Å². The Hall–Kier alpha value is -1.04. The third-order valence-corrected chi connectivity index (χ3v) is 5.05. The van der Waals surface area contributed by atoms with Crippen molar-refractivity contribution in [2.24, 2.45) is 0 Å². The molecule has 1 aromatic rings. The lowest BCUT2D eigenvalue weighted by Crippen LogP contribution is -2.46. The van der Waals surface area contributed by atoms with Crippen LogP contribution in [-0.2, 0) is 4.74 Å². The van der Waals surface area contributed by atoms with Gasteiger partial charge in [0.15, 0.2) is 0 Å². The van der Waals surface area contributed by atoms with E-state index in [0.717, 1.165) is 55.4 Å². The number of carbonyl (C=O) groups is 1. The molecule has 0 bridgehead atoms. The molecule has 0 saturated carbocycles. The second-order valence-electron chi connectivity index (χ2n) is 6.07. The van der Waals surface area contributed by atoms with E-state index < -0.39 is 0 Å². The average Bonchev–Trinajstić information content (AvgIpc) is 2.56. The Morgan fingerprint density at radius 1 is 1.22 bits per heavy atom. The zero-order chi connectivity index (χ0) is 16.7. The van der Waals surface area contributed by atoms with E-state index in [0.29, 0.717) is 0 Å². The summed E-state index contributed by atoms with van der Waals surface area (Å²) in [6.45, 7) is 5.27. The fourth-order valence-electron chi connectivity index (χ4n) is 2.83. The Morgan fingerprint density at radius 2 is 1.91 bits per heavy atom. The first kappa shape index (κ1) is 18.3. The van der Waals surface area contributed by atoms with E-state index in [1.165, 1.54) is 0 Å². The molecule has 0 radical (unpaired) electrons. The van der Waals surface area contributed by atoms with Crippen molar-refractivity contribution < 1.29 is 9.53 Å². The van der Waals surface area contributed by atoms with Crippen LogP contribution in [0.4, 0.5) is 0 Å². The van der Waals surface area contributed by atoms with Crippen molar-refractivity contribution in [1.82, 2.24) is 9.80 Å². The lowest BCUT2D eigenvalue weighted by Gasteiger charge is -2.35. The number of likely N-dealkylation sites (N-methyl/N-ethyl adjacent to an activating group) is 1. The topological polar surface area (TPSA) is 32.8 Å². The number of ether oxygens (including phenoxy) is 1. The number of hydrogen-bond donors (Lipinski definition) is 0. The van der Waals surface area contributed by atoms with E-state index in [-0.39, 0.29) is 11.9 Å². The molecule has 0 aliphatic carbocycles. The number of thioether (sulfide) groups is 1. The predicted molar refractivity (Wildman–Crippen MR) is 96.3 cm³/mol. The predicted octanol–water partition coefficient (Wildman–Crippen LogP) is 2.98. The van der Waals surface area contributed by atoms with Crippen LogP contribution in [0.25, 0.3) is 0 Å². The van der Waals surface area contributed by atoms with Crippen LogP contribution in [0.1, 0.15) is 30.1 Å². The Kier molecular flexibility index (Phi) is 7.40. The van der Waals surface area contributed by atoms with Gasteiger partial charge in [-0.2, -0.15) is 0 Å². The third-order valence-electron chi connectivity index (χ3n) is 4.10. The highest BCUT2D eigenvalue weighted by molar-refractivity contribution is 7.99. The normalized spacial score (nSPS) is 15.8. The molecule has 1 fully saturated rings. The zero-order valence-corrected chi connectivity index (χ0v) is 15.3. The fraction of sp³-hybridized carbons (Fsp3) is 0.611. The van der Waals surface area contributed by atoms with Crippen molar-refractivity contribution in [2.75, 3.05) is 46.2 Å². The number of benzene rings is 1. The van der Waals surface area contributed by atoms with Crippen molar-refractivity contribution in [3.63, 3.8) is 0 Å². The molecule has 5 heteroatoms. The Morgan fingerprint density at radius 3 is 2.57 bits per heavy atom. The molecule has 1 amide bonds. The summed E-state index contributed by atoms with van der Waals surface area (Å²) in [5.41, 5.74) is 0.838. The highest BCUT2D eigenvalue weighted by Crippen LogP contribution is 2.25. The number of amides is 1. The third kappa shape index (κ3) is 5.23. The minimum Gasteiger partial charge on any atom is -0.381 e. The van der Waals surface area contributed by atoms with Gasteiger partial charge in [0.25, 0.3) is 5.91 Å². The molecular weight excluding hydrogens is 308 g/mol. The van der Waals surface area contributed by atoms with Crippen molar-refractivity contribution in [3.8, 4) is 0 Å². The summed E-state index contributed by atoms with van der Waals surface area (Å²) in [4.78, 5) is 18.5. The summed E-state index contributed by atoms with van der Waals surface area (Å²) in [6.07, 6.45) is 1.87. The minimum atomic E-state index is 0.162. The highest BCUT2D eigenvalue weighted by atomic mass is 32.2. The van der Waals surface area contributed by atoms with Crippen molar-refractivity contribution in [1.29, 1.82) is 0 Å². The van der Waals surface area contributed by atoms with E-state index in [2.05, 4.69) is 22.8 Å². The van der Waals surface area contributed by atoms with Gasteiger partial charge < -0.3 is 14.5 Å². The second kappa shape index (κ2) is 9.30. The van der Waals surface area contributed by atoms with Crippen LogP contribution in [0.15, 0.2) is 29.2 Å². The van der Waals surface area contributed by atoms with Gasteiger partial charge in [0.05, 0.1) is 5.56 Å². The molecule has 2 rings (SSSR count). The number of nitrogens with zero attached hydrogens (tertiary/aromatic N) is 2. The lowest BCUT2D eigenvalue weighted by molar-refractivity contribution is 0.0274. The molecule has 0 unspecified atom stereocenters. The molecule has 0 aromatic heterocycles. The summed E-state index contributed by atoms with van der Waals surface area (Å²) < 4.78 is 5.47. The van der Waals surface area contributed by atoms with Crippen LogP contribution in [0.5, 0.6) is 0 Å². The van der Waals surface area contributed by atoms with E-state index in [1.54, 1.807) is 11.8 Å². The summed E-state index contributed by atoms with van der Waals surface area (Å²) >= 11 is 1.74. The summed E-state index contributed by atoms with van der Waals surface area (Å²) in [5, 5.41) is 0. The molecule has 23 heavy (non-hydrogen) atoms. The average molecular weight is 337 g/mol. The van der Waals surface area contributed by atoms with Gasteiger partial charge in [-0.15, -0.1) is 11.8 Å². The molecule has 1 aliphatic rings. The molecular formula is C18H28N2O2S. The zero-order valence-electron chi connectivity index (χ0n) is 14.5. The van der Waals surface area contributed by atoms with Crippen molar-refractivity contribution in [2.45, 2.75) is 30.7 Å². The van der Waals surface area contributed by atoms with Crippen LogP contribution in [-0.4, -0.2) is 67.9 Å². The van der Waals surface area contributed by atoms with E-state index >= 15 is 0 Å². The monoisotopic (exact) mass is 336 g/mol. The first-order chi connectivity index (χ1) is 11.1. The standard InChI is InChI=1S/C18H28N2O2S/c1-4-23-17-8-6-5-7-16(17)18(21)20(12-11-19(2)3)15-9-13-22-14-10-15/h5-8,15H,4,9-14H2,1-3H3. The van der Waals surface area contributed by atoms with Gasteiger partial charge in [-0.05, 0) is 44.8 Å². The van der Waals surface area contributed by atoms with Crippen LogP contribution in [0.3, 0.4) is 0 Å². The maximum Gasteiger partial charge on any atom is 0.255 e. The SMILES string of the molecule is CCSc1ccccc1C(=O)N(CCN(C)C)C1CCOCC1. The molecule has 1 heterocycles. The van der Waals surface area contributed by atoms with Gasteiger partial charge in [0, 0.05) is 37.2 Å². The van der Waals surface area contributed by atoms with Gasteiger partial charge in [-0.1, -0.05) is 19.1 Å². The van der Waals surface area contributed by atoms with Gasteiger partial charge in [0.2, 0.25) is 0 Å². The maximum atomic E-state index is 13.2. The van der Waals surface area contributed by atoms with Gasteiger partial charge in [-0.3, -0.25) is 4.79 Å². The largest absolute Gasteiger partial charge is 0.381 e. The first-order valence-electron chi connectivity index (χ1n) is 8.38. The first-order valence-corrected chi connectivity index (χ1v) is 9.37. The Balaban J connectivity index is 2.21. The lowest BCUT2D eigenvalue weighted by atomic mass is 10.1. The molecule has 128 valence electrons. The molecule has 4 nitrogen and oxygen atoms in total. The maximum absolute atomic E-state index is 13.2. The summed E-state index contributed by atoms with van der Waals surface area (Å²) in [5.74, 6) is 1.13. The molecule has 0 spiro atoms. The molecule has 1 aliphatic heterocycles. The minimum absolute atomic E-state index is 0.162. The second-order valence-corrected chi connectivity index (χ2v) is 7.38. The molecule has 0 atom stereocenters. The smallest absolute Gasteiger partial charge is 0.255 e. The number of hydrogen-bond acceptors (Lipinski definition) is 4. The van der Waals surface area contributed by atoms with Crippen LogP contribution in [0.2, 0.25) is 0 Å².